The highest BCUT2D eigenvalue weighted by Gasteiger charge is 2.24. The van der Waals surface area contributed by atoms with E-state index in [0.717, 1.165) is 35.6 Å². The van der Waals surface area contributed by atoms with Gasteiger partial charge in [0, 0.05) is 35.4 Å². The number of allylic oxidation sites excluding steroid dienone is 1. The maximum absolute atomic E-state index is 12.6. The summed E-state index contributed by atoms with van der Waals surface area (Å²) in [4.78, 5) is 18.5. The Balaban J connectivity index is 1.56. The van der Waals surface area contributed by atoms with Crippen molar-refractivity contribution in [3.8, 4) is 10.4 Å². The number of benzene rings is 2. The summed E-state index contributed by atoms with van der Waals surface area (Å²) in [6.07, 6.45) is 2.76. The first-order chi connectivity index (χ1) is 17.6. The van der Waals surface area contributed by atoms with E-state index < -0.39 is 11.7 Å². The molecule has 0 aliphatic carbocycles. The number of hydrogen-bond donors (Lipinski definition) is 2. The van der Waals surface area contributed by atoms with Crippen LogP contribution < -0.4 is 15.5 Å². The van der Waals surface area contributed by atoms with Gasteiger partial charge in [-0.15, -0.1) is 11.3 Å². The minimum absolute atomic E-state index is 0.479. The number of ether oxygens (including phenoxy) is 1. The van der Waals surface area contributed by atoms with Crippen LogP contribution in [0.4, 0.5) is 21.9 Å². The molecule has 3 aromatic rings. The van der Waals surface area contributed by atoms with Crippen LogP contribution >= 0.6 is 11.3 Å². The number of nitrogens with one attached hydrogen (secondary N) is 2. The van der Waals surface area contributed by atoms with Crippen molar-refractivity contribution in [3.63, 3.8) is 0 Å². The second-order valence-electron chi connectivity index (χ2n) is 10.6. The summed E-state index contributed by atoms with van der Waals surface area (Å²) in [7, 11) is 4.31. The zero-order valence-electron chi connectivity index (χ0n) is 22.7. The number of carbonyl (C=O) groups excluding carboxylic acids is 1. The third kappa shape index (κ3) is 6.93. The van der Waals surface area contributed by atoms with Crippen LogP contribution in [0.15, 0.2) is 66.1 Å². The Kier molecular flexibility index (Phi) is 8.25. The van der Waals surface area contributed by atoms with Gasteiger partial charge in [-0.25, -0.2) is 4.79 Å². The zero-order valence-corrected chi connectivity index (χ0v) is 23.5. The van der Waals surface area contributed by atoms with Gasteiger partial charge >= 0.3 is 6.09 Å². The predicted molar refractivity (Wildman–Crippen MR) is 158 cm³/mol. The SMILES string of the molecule is C/C=C(\Nc1cc(-c2cccs2)ccc1NC(=O)OC(C)(C)C)c1ccc(N2CC[C@H](N(C)C)C2)cc1. The molecule has 0 bridgehead atoms. The van der Waals surface area contributed by atoms with E-state index in [9.17, 15) is 4.79 Å². The number of anilines is 3. The summed E-state index contributed by atoms with van der Waals surface area (Å²) in [6, 6.07) is 19.5. The van der Waals surface area contributed by atoms with Gasteiger partial charge in [-0.2, -0.15) is 0 Å². The highest BCUT2D eigenvalue weighted by atomic mass is 32.1. The molecule has 2 N–H and O–H groups in total. The Labute approximate surface area is 224 Å². The lowest BCUT2D eigenvalue weighted by Gasteiger charge is -2.23. The minimum Gasteiger partial charge on any atom is -0.444 e. The molecule has 1 aromatic heterocycles. The molecule has 0 spiro atoms. The quantitative estimate of drug-likeness (QED) is 0.342. The summed E-state index contributed by atoms with van der Waals surface area (Å²) in [5, 5.41) is 8.56. The number of amides is 1. The second-order valence-corrected chi connectivity index (χ2v) is 11.5. The molecule has 1 aliphatic heterocycles. The molecular weight excluding hydrogens is 480 g/mol. The van der Waals surface area contributed by atoms with Gasteiger partial charge < -0.3 is 19.9 Å². The Bertz CT molecular complexity index is 1230. The van der Waals surface area contributed by atoms with Crippen LogP contribution in [0.2, 0.25) is 0 Å². The molecule has 1 fully saturated rings. The lowest BCUT2D eigenvalue weighted by atomic mass is 10.1. The van der Waals surface area contributed by atoms with Gasteiger partial charge in [0.15, 0.2) is 0 Å². The fraction of sp³-hybridized carbons (Fsp3) is 0.367. The Morgan fingerprint density at radius 2 is 1.84 bits per heavy atom. The first-order valence-corrected chi connectivity index (χ1v) is 13.6. The minimum atomic E-state index is -0.577. The van der Waals surface area contributed by atoms with Crippen LogP contribution in [-0.4, -0.2) is 49.8 Å². The van der Waals surface area contributed by atoms with Crippen molar-refractivity contribution in [1.82, 2.24) is 4.90 Å². The molecule has 196 valence electrons. The van der Waals surface area contributed by atoms with E-state index in [1.54, 1.807) is 11.3 Å². The lowest BCUT2D eigenvalue weighted by Crippen LogP contribution is -2.31. The monoisotopic (exact) mass is 518 g/mol. The summed E-state index contributed by atoms with van der Waals surface area (Å²) in [5.41, 5.74) is 5.28. The van der Waals surface area contributed by atoms with Crippen molar-refractivity contribution < 1.29 is 9.53 Å². The first kappa shape index (κ1) is 26.8. The van der Waals surface area contributed by atoms with Gasteiger partial charge in [-0.1, -0.05) is 30.3 Å². The van der Waals surface area contributed by atoms with Gasteiger partial charge in [0.1, 0.15) is 5.60 Å². The molecule has 7 heteroatoms. The lowest BCUT2D eigenvalue weighted by molar-refractivity contribution is 0.0636. The van der Waals surface area contributed by atoms with Crippen molar-refractivity contribution in [1.29, 1.82) is 0 Å². The van der Waals surface area contributed by atoms with E-state index in [1.807, 2.05) is 45.9 Å². The fourth-order valence-corrected chi connectivity index (χ4v) is 5.20. The van der Waals surface area contributed by atoms with E-state index >= 15 is 0 Å². The normalized spacial score (nSPS) is 16.2. The molecule has 0 unspecified atom stereocenters. The number of nitrogens with zero attached hydrogens (tertiary/aromatic N) is 2. The number of likely N-dealkylation sites (N-methyl/N-ethyl adjacent to an activating group) is 1. The van der Waals surface area contributed by atoms with Crippen LogP contribution in [0.5, 0.6) is 0 Å². The van der Waals surface area contributed by atoms with E-state index in [-0.39, 0.29) is 0 Å². The van der Waals surface area contributed by atoms with E-state index in [0.29, 0.717) is 11.7 Å². The third-order valence-electron chi connectivity index (χ3n) is 6.46. The van der Waals surface area contributed by atoms with Crippen LogP contribution in [-0.2, 0) is 4.74 Å². The van der Waals surface area contributed by atoms with Crippen molar-refractivity contribution in [3.05, 3.63) is 71.6 Å². The molecule has 1 saturated heterocycles. The molecular formula is C30H38N4O2S. The summed E-state index contributed by atoms with van der Waals surface area (Å²) in [6.45, 7) is 9.72. The Morgan fingerprint density at radius 3 is 2.43 bits per heavy atom. The molecule has 0 radical (unpaired) electrons. The van der Waals surface area contributed by atoms with Crippen molar-refractivity contribution >= 4 is 40.2 Å². The largest absolute Gasteiger partial charge is 0.444 e. The molecule has 1 amide bonds. The van der Waals surface area contributed by atoms with Crippen molar-refractivity contribution in [2.75, 3.05) is 42.7 Å². The average Bonchev–Trinajstić information content (AvgIpc) is 3.55. The van der Waals surface area contributed by atoms with E-state index in [1.165, 1.54) is 17.0 Å². The summed E-state index contributed by atoms with van der Waals surface area (Å²) in [5.74, 6) is 0. The highest BCUT2D eigenvalue weighted by molar-refractivity contribution is 7.13. The molecule has 1 aliphatic rings. The first-order valence-electron chi connectivity index (χ1n) is 12.8. The molecule has 2 aromatic carbocycles. The van der Waals surface area contributed by atoms with Crippen LogP contribution in [0, 0.1) is 0 Å². The van der Waals surface area contributed by atoms with Gasteiger partial charge in [-0.3, -0.25) is 5.32 Å². The molecule has 0 saturated carbocycles. The summed E-state index contributed by atoms with van der Waals surface area (Å²) >= 11 is 1.69. The van der Waals surface area contributed by atoms with E-state index in [4.69, 9.17) is 4.74 Å². The highest BCUT2D eigenvalue weighted by Crippen LogP contribution is 2.34. The van der Waals surface area contributed by atoms with Crippen molar-refractivity contribution in [2.24, 2.45) is 0 Å². The van der Waals surface area contributed by atoms with Crippen LogP contribution in [0.25, 0.3) is 16.1 Å². The van der Waals surface area contributed by atoms with Gasteiger partial charge in [-0.05, 0) is 95.0 Å². The summed E-state index contributed by atoms with van der Waals surface area (Å²) < 4.78 is 5.50. The Morgan fingerprint density at radius 1 is 1.08 bits per heavy atom. The predicted octanol–water partition coefficient (Wildman–Crippen LogP) is 7.38. The molecule has 4 rings (SSSR count). The van der Waals surface area contributed by atoms with Gasteiger partial charge in [0.25, 0.3) is 0 Å². The smallest absolute Gasteiger partial charge is 0.412 e. The third-order valence-corrected chi connectivity index (χ3v) is 7.37. The standard InChI is InChI=1S/C30H38N4O2S/c1-7-25(21-10-13-23(14-11-21)34-17-16-24(20-34)33(5)6)31-27-19-22(28-9-8-18-37-28)12-15-26(27)32-29(35)36-30(2,3)4/h7-15,18-19,24,31H,16-17,20H2,1-6H3,(H,32,35)/b25-7-/t24-/m0/s1. The van der Waals surface area contributed by atoms with Crippen molar-refractivity contribution in [2.45, 2.75) is 45.8 Å². The maximum Gasteiger partial charge on any atom is 0.412 e. The zero-order chi connectivity index (χ0) is 26.6. The second kappa shape index (κ2) is 11.4. The number of thiophene rings is 1. The topological polar surface area (TPSA) is 56.8 Å². The van der Waals surface area contributed by atoms with Crippen LogP contribution in [0.1, 0.15) is 39.7 Å². The fourth-order valence-electron chi connectivity index (χ4n) is 4.47. The average molecular weight is 519 g/mol. The Hall–Kier alpha value is -3.29. The molecule has 6 nitrogen and oxygen atoms in total. The van der Waals surface area contributed by atoms with E-state index in [2.05, 4.69) is 82.4 Å². The number of carbonyl (C=O) groups is 1. The van der Waals surface area contributed by atoms with Gasteiger partial charge in [0.2, 0.25) is 0 Å². The molecule has 37 heavy (non-hydrogen) atoms. The maximum atomic E-state index is 12.6. The van der Waals surface area contributed by atoms with Crippen LogP contribution in [0.3, 0.4) is 0 Å². The van der Waals surface area contributed by atoms with Gasteiger partial charge in [0.05, 0.1) is 11.4 Å². The molecule has 1 atom stereocenters. The molecule has 2 heterocycles. The number of hydrogen-bond acceptors (Lipinski definition) is 6. The number of rotatable bonds is 7.